The number of hydrogen-bond acceptors (Lipinski definition) is 2. The minimum Gasteiger partial charge on any atom is -0.324 e. The van der Waals surface area contributed by atoms with Crippen LogP contribution in [0.15, 0.2) is 18.2 Å². The summed E-state index contributed by atoms with van der Waals surface area (Å²) in [5, 5.41) is 6.68. The summed E-state index contributed by atoms with van der Waals surface area (Å²) >= 11 is 5.91. The molecular formula is C11H13ClN2O. The number of rotatable bonds is 2. The Morgan fingerprint density at radius 1 is 1.47 bits per heavy atom. The zero-order valence-corrected chi connectivity index (χ0v) is 9.43. The highest BCUT2D eigenvalue weighted by Gasteiger charge is 2.30. The van der Waals surface area contributed by atoms with Gasteiger partial charge in [-0.2, -0.15) is 0 Å². The fraction of sp³-hybridized carbons (Fsp3) is 0.364. The molecule has 2 rings (SSSR count). The van der Waals surface area contributed by atoms with E-state index >= 15 is 0 Å². The molecule has 1 aliphatic rings. The molecule has 1 heterocycles. The fourth-order valence-corrected chi connectivity index (χ4v) is 1.91. The average Bonchev–Trinajstić information content (AvgIpc) is 2.43. The maximum Gasteiger partial charge on any atom is 0.246 e. The van der Waals surface area contributed by atoms with Crippen LogP contribution in [0.25, 0.3) is 0 Å². The lowest BCUT2D eigenvalue weighted by Gasteiger charge is -2.14. The molecule has 4 heteroatoms. The summed E-state index contributed by atoms with van der Waals surface area (Å²) in [6.45, 7) is 4.02. The Hall–Kier alpha value is -1.06. The van der Waals surface area contributed by atoms with Crippen LogP contribution in [0.4, 0.5) is 5.69 Å². The van der Waals surface area contributed by atoms with Crippen molar-refractivity contribution < 1.29 is 4.79 Å². The molecule has 80 valence electrons. The highest BCUT2D eigenvalue weighted by atomic mass is 35.5. The monoisotopic (exact) mass is 224 g/mol. The van der Waals surface area contributed by atoms with Gasteiger partial charge in [-0.1, -0.05) is 11.6 Å². The van der Waals surface area contributed by atoms with E-state index in [9.17, 15) is 4.79 Å². The minimum atomic E-state index is -0.279. The predicted octanol–water partition coefficient (Wildman–Crippen LogP) is 2.33. The van der Waals surface area contributed by atoms with E-state index in [4.69, 9.17) is 11.6 Å². The molecule has 0 aliphatic carbocycles. The van der Waals surface area contributed by atoms with Crippen LogP contribution in [0.3, 0.4) is 0 Å². The number of halogens is 1. The summed E-state index contributed by atoms with van der Waals surface area (Å²) in [6, 6.07) is 5.41. The second kappa shape index (κ2) is 3.83. The van der Waals surface area contributed by atoms with Crippen LogP contribution in [0.2, 0.25) is 5.02 Å². The minimum absolute atomic E-state index is 0.0130. The lowest BCUT2D eigenvalue weighted by atomic mass is 10.1. The summed E-state index contributed by atoms with van der Waals surface area (Å²) in [4.78, 5) is 11.7. The molecule has 0 saturated carbocycles. The Morgan fingerprint density at radius 3 is 2.87 bits per heavy atom. The first-order valence-electron chi connectivity index (χ1n) is 4.94. The smallest absolute Gasteiger partial charge is 0.246 e. The van der Waals surface area contributed by atoms with Crippen molar-refractivity contribution in [3.05, 3.63) is 28.8 Å². The van der Waals surface area contributed by atoms with Gasteiger partial charge in [0.25, 0.3) is 0 Å². The molecule has 0 radical (unpaired) electrons. The molecular weight excluding hydrogens is 212 g/mol. The number of hydrogen-bond donors (Lipinski definition) is 2. The van der Waals surface area contributed by atoms with Gasteiger partial charge in [0, 0.05) is 22.3 Å². The van der Waals surface area contributed by atoms with Crippen LogP contribution < -0.4 is 10.6 Å². The number of fused-ring (bicyclic) bond motifs is 1. The molecule has 0 aromatic heterocycles. The second-order valence-electron chi connectivity index (χ2n) is 3.98. The Labute approximate surface area is 93.8 Å². The van der Waals surface area contributed by atoms with Crippen molar-refractivity contribution in [1.82, 2.24) is 5.32 Å². The van der Waals surface area contributed by atoms with E-state index in [-0.39, 0.29) is 18.0 Å². The molecule has 1 aliphatic heterocycles. The molecule has 2 N–H and O–H groups in total. The summed E-state index contributed by atoms with van der Waals surface area (Å²) in [5.74, 6) is -0.0130. The number of anilines is 1. The first kappa shape index (κ1) is 10.5. The maximum atomic E-state index is 11.7. The van der Waals surface area contributed by atoms with E-state index in [1.807, 2.05) is 26.0 Å². The summed E-state index contributed by atoms with van der Waals surface area (Å²) in [7, 11) is 0. The van der Waals surface area contributed by atoms with Gasteiger partial charge in [-0.25, -0.2) is 0 Å². The summed E-state index contributed by atoms with van der Waals surface area (Å²) in [5.41, 5.74) is 1.78. The predicted molar refractivity (Wildman–Crippen MR) is 61.1 cm³/mol. The van der Waals surface area contributed by atoms with Gasteiger partial charge in [-0.15, -0.1) is 0 Å². The van der Waals surface area contributed by atoms with Crippen molar-refractivity contribution in [2.45, 2.75) is 25.9 Å². The largest absolute Gasteiger partial charge is 0.324 e. The van der Waals surface area contributed by atoms with Crippen molar-refractivity contribution in [2.75, 3.05) is 5.32 Å². The molecule has 15 heavy (non-hydrogen) atoms. The van der Waals surface area contributed by atoms with Crippen molar-refractivity contribution in [3.63, 3.8) is 0 Å². The van der Waals surface area contributed by atoms with E-state index in [1.54, 1.807) is 6.07 Å². The molecule has 1 aromatic carbocycles. The van der Waals surface area contributed by atoms with Crippen LogP contribution in [-0.4, -0.2) is 11.9 Å². The highest BCUT2D eigenvalue weighted by molar-refractivity contribution is 6.31. The number of benzene rings is 1. The average molecular weight is 225 g/mol. The Kier molecular flexibility index (Phi) is 2.67. The van der Waals surface area contributed by atoms with Crippen molar-refractivity contribution in [3.8, 4) is 0 Å². The van der Waals surface area contributed by atoms with Crippen LogP contribution in [0.5, 0.6) is 0 Å². The lowest BCUT2D eigenvalue weighted by molar-refractivity contribution is -0.117. The van der Waals surface area contributed by atoms with Gasteiger partial charge < -0.3 is 5.32 Å². The second-order valence-corrected chi connectivity index (χ2v) is 4.41. The quantitative estimate of drug-likeness (QED) is 0.810. The summed E-state index contributed by atoms with van der Waals surface area (Å²) in [6.07, 6.45) is 0. The Bertz CT molecular complexity index is 404. The Morgan fingerprint density at radius 2 is 2.20 bits per heavy atom. The van der Waals surface area contributed by atoms with E-state index in [2.05, 4.69) is 10.6 Å². The molecule has 0 spiro atoms. The van der Waals surface area contributed by atoms with E-state index in [0.29, 0.717) is 5.02 Å². The third kappa shape index (κ3) is 1.98. The van der Waals surface area contributed by atoms with Gasteiger partial charge in [-0.05, 0) is 32.0 Å². The normalized spacial score (nSPS) is 19.2. The first-order chi connectivity index (χ1) is 7.08. The van der Waals surface area contributed by atoms with Crippen molar-refractivity contribution in [2.24, 2.45) is 0 Å². The van der Waals surface area contributed by atoms with Gasteiger partial charge in [0.15, 0.2) is 0 Å². The molecule has 1 amide bonds. The number of nitrogens with one attached hydrogen (secondary N) is 2. The third-order valence-corrected chi connectivity index (χ3v) is 2.58. The number of carbonyl (C=O) groups is 1. The molecule has 0 fully saturated rings. The highest BCUT2D eigenvalue weighted by Crippen LogP contribution is 2.32. The molecule has 3 nitrogen and oxygen atoms in total. The SMILES string of the molecule is CC(C)NC1C(=O)Nc2ccc(Cl)cc21. The third-order valence-electron chi connectivity index (χ3n) is 2.34. The molecule has 0 bridgehead atoms. The van der Waals surface area contributed by atoms with Crippen molar-refractivity contribution >= 4 is 23.2 Å². The molecule has 0 saturated heterocycles. The van der Waals surface area contributed by atoms with Crippen LogP contribution >= 0.6 is 11.6 Å². The van der Waals surface area contributed by atoms with Crippen LogP contribution in [0.1, 0.15) is 25.5 Å². The van der Waals surface area contributed by atoms with E-state index in [0.717, 1.165) is 11.3 Å². The molecule has 1 aromatic rings. The standard InChI is InChI=1S/C11H13ClN2O/c1-6(2)13-10-8-5-7(12)3-4-9(8)14-11(10)15/h3-6,10,13H,1-2H3,(H,14,15). The van der Waals surface area contributed by atoms with Gasteiger partial charge in [0.2, 0.25) is 5.91 Å². The molecule has 1 atom stereocenters. The van der Waals surface area contributed by atoms with E-state index in [1.165, 1.54) is 0 Å². The van der Waals surface area contributed by atoms with Gasteiger partial charge >= 0.3 is 0 Å². The summed E-state index contributed by atoms with van der Waals surface area (Å²) < 4.78 is 0. The lowest BCUT2D eigenvalue weighted by Crippen LogP contribution is -2.32. The number of carbonyl (C=O) groups excluding carboxylic acids is 1. The van der Waals surface area contributed by atoms with Crippen LogP contribution in [-0.2, 0) is 4.79 Å². The van der Waals surface area contributed by atoms with E-state index < -0.39 is 0 Å². The Balaban J connectivity index is 2.35. The maximum absolute atomic E-state index is 11.7. The fourth-order valence-electron chi connectivity index (χ4n) is 1.73. The van der Waals surface area contributed by atoms with Crippen LogP contribution in [0, 0.1) is 0 Å². The van der Waals surface area contributed by atoms with Gasteiger partial charge in [0.05, 0.1) is 0 Å². The zero-order valence-electron chi connectivity index (χ0n) is 8.67. The van der Waals surface area contributed by atoms with Crippen molar-refractivity contribution in [1.29, 1.82) is 0 Å². The number of amides is 1. The first-order valence-corrected chi connectivity index (χ1v) is 5.32. The zero-order chi connectivity index (χ0) is 11.0. The van der Waals surface area contributed by atoms with Gasteiger partial charge in [0.1, 0.15) is 6.04 Å². The van der Waals surface area contributed by atoms with Gasteiger partial charge in [-0.3, -0.25) is 10.1 Å². The topological polar surface area (TPSA) is 41.1 Å². The molecule has 1 unspecified atom stereocenters.